The molecule has 4 rings (SSSR count). The van der Waals surface area contributed by atoms with Crippen LogP contribution < -0.4 is 19.7 Å². The Hall–Kier alpha value is -1.68. The van der Waals surface area contributed by atoms with E-state index in [1.165, 1.54) is 5.00 Å². The monoisotopic (exact) mass is 500 g/mol. The van der Waals surface area contributed by atoms with Crippen molar-refractivity contribution in [2.45, 2.75) is 13.5 Å². The molecule has 146 valence electrons. The van der Waals surface area contributed by atoms with Crippen molar-refractivity contribution >= 4 is 46.3 Å². The van der Waals surface area contributed by atoms with Crippen molar-refractivity contribution in [2.75, 3.05) is 44.4 Å². The third-order valence-corrected chi connectivity index (χ3v) is 5.51. The lowest BCUT2D eigenvalue weighted by Crippen LogP contribution is -2.52. The SMILES string of the molecule is CCNC(=NCc1ccc2c(c1)OCO2)N1CCN(c2cccs2)CC1.I. The summed E-state index contributed by atoms with van der Waals surface area (Å²) in [6, 6.07) is 10.3. The highest BCUT2D eigenvalue weighted by Gasteiger charge is 2.20. The Bertz CT molecular complexity index is 761. The molecule has 1 fully saturated rings. The fourth-order valence-electron chi connectivity index (χ4n) is 3.22. The number of nitrogens with one attached hydrogen (secondary N) is 1. The molecule has 0 unspecified atom stereocenters. The van der Waals surface area contributed by atoms with Crippen LogP contribution in [-0.4, -0.2) is 50.4 Å². The molecule has 0 saturated carbocycles. The van der Waals surface area contributed by atoms with Gasteiger partial charge in [0, 0.05) is 32.7 Å². The van der Waals surface area contributed by atoms with Gasteiger partial charge in [0.2, 0.25) is 6.79 Å². The van der Waals surface area contributed by atoms with Crippen molar-refractivity contribution < 1.29 is 9.47 Å². The summed E-state index contributed by atoms with van der Waals surface area (Å²) in [6.07, 6.45) is 0. The van der Waals surface area contributed by atoms with Gasteiger partial charge in [-0.25, -0.2) is 4.99 Å². The maximum absolute atomic E-state index is 5.46. The van der Waals surface area contributed by atoms with Crippen LogP contribution in [0.5, 0.6) is 11.5 Å². The predicted octanol–water partition coefficient (Wildman–Crippen LogP) is 3.38. The Labute approximate surface area is 181 Å². The topological polar surface area (TPSA) is 49.3 Å². The highest BCUT2D eigenvalue weighted by atomic mass is 127. The Morgan fingerprint density at radius 1 is 1.15 bits per heavy atom. The second kappa shape index (κ2) is 9.50. The number of ether oxygens (including phenoxy) is 2. The van der Waals surface area contributed by atoms with E-state index in [9.17, 15) is 0 Å². The molecule has 2 aliphatic heterocycles. The summed E-state index contributed by atoms with van der Waals surface area (Å²) in [7, 11) is 0. The van der Waals surface area contributed by atoms with Crippen LogP contribution in [0.15, 0.2) is 40.7 Å². The van der Waals surface area contributed by atoms with Gasteiger partial charge in [0.15, 0.2) is 17.5 Å². The molecule has 6 nitrogen and oxygen atoms in total. The third-order valence-electron chi connectivity index (χ3n) is 4.58. The molecule has 0 spiro atoms. The van der Waals surface area contributed by atoms with Gasteiger partial charge in [0.25, 0.3) is 0 Å². The number of hydrogen-bond donors (Lipinski definition) is 1. The lowest BCUT2D eigenvalue weighted by atomic mass is 10.2. The van der Waals surface area contributed by atoms with Gasteiger partial charge in [-0.3, -0.25) is 0 Å². The van der Waals surface area contributed by atoms with Crippen molar-refractivity contribution in [3.8, 4) is 11.5 Å². The Kier molecular flexibility index (Phi) is 7.06. The number of piperazine rings is 1. The molecule has 0 aliphatic carbocycles. The standard InChI is InChI=1S/C19H24N4O2S.HI/c1-2-20-19(21-13-15-5-6-16-17(12-15)25-14-24-16)23-9-7-22(8-10-23)18-4-3-11-26-18;/h3-6,11-12H,2,7-10,13-14H2,1H3,(H,20,21);1H. The fraction of sp³-hybridized carbons (Fsp3) is 0.421. The second-order valence-corrected chi connectivity index (χ2v) is 7.21. The zero-order chi connectivity index (χ0) is 17.8. The Morgan fingerprint density at radius 3 is 2.70 bits per heavy atom. The zero-order valence-corrected chi connectivity index (χ0v) is 18.5. The van der Waals surface area contributed by atoms with E-state index in [1.807, 2.05) is 12.1 Å². The predicted molar refractivity (Wildman–Crippen MR) is 121 cm³/mol. The number of halogens is 1. The maximum atomic E-state index is 5.46. The molecule has 8 heteroatoms. The van der Waals surface area contributed by atoms with E-state index < -0.39 is 0 Å². The summed E-state index contributed by atoms with van der Waals surface area (Å²) in [5.41, 5.74) is 1.13. The third kappa shape index (κ3) is 4.78. The van der Waals surface area contributed by atoms with Gasteiger partial charge in [-0.15, -0.1) is 35.3 Å². The highest BCUT2D eigenvalue weighted by Crippen LogP contribution is 2.32. The molecule has 0 amide bonds. The summed E-state index contributed by atoms with van der Waals surface area (Å²) in [4.78, 5) is 9.63. The zero-order valence-electron chi connectivity index (χ0n) is 15.4. The summed E-state index contributed by atoms with van der Waals surface area (Å²) in [5, 5.41) is 6.92. The molecule has 1 N–H and O–H groups in total. The molecule has 1 aromatic carbocycles. The fourth-order valence-corrected chi connectivity index (χ4v) is 4.01. The van der Waals surface area contributed by atoms with Crippen molar-refractivity contribution in [1.29, 1.82) is 0 Å². The molecular formula is C19H25IN4O2S. The van der Waals surface area contributed by atoms with E-state index in [0.717, 1.165) is 55.7 Å². The normalized spacial score (nSPS) is 16.3. The summed E-state index contributed by atoms with van der Waals surface area (Å²) in [5.74, 6) is 2.61. The van der Waals surface area contributed by atoms with Crippen LogP contribution in [0.4, 0.5) is 5.00 Å². The highest BCUT2D eigenvalue weighted by molar-refractivity contribution is 14.0. The number of fused-ring (bicyclic) bond motifs is 1. The molecule has 2 aliphatic rings. The molecule has 1 aromatic heterocycles. The van der Waals surface area contributed by atoms with E-state index >= 15 is 0 Å². The van der Waals surface area contributed by atoms with Crippen molar-refractivity contribution in [2.24, 2.45) is 4.99 Å². The smallest absolute Gasteiger partial charge is 0.231 e. The summed E-state index contributed by atoms with van der Waals surface area (Å²) in [6.45, 7) is 7.91. The number of hydrogen-bond acceptors (Lipinski definition) is 5. The lowest BCUT2D eigenvalue weighted by Gasteiger charge is -2.37. The van der Waals surface area contributed by atoms with Crippen molar-refractivity contribution in [3.63, 3.8) is 0 Å². The molecule has 0 radical (unpaired) electrons. The van der Waals surface area contributed by atoms with E-state index in [0.29, 0.717) is 13.3 Å². The van der Waals surface area contributed by atoms with Crippen LogP contribution in [0.3, 0.4) is 0 Å². The molecule has 3 heterocycles. The first-order valence-corrected chi connectivity index (χ1v) is 9.91. The molecule has 27 heavy (non-hydrogen) atoms. The largest absolute Gasteiger partial charge is 0.454 e. The van der Waals surface area contributed by atoms with Crippen LogP contribution in [0.25, 0.3) is 0 Å². The van der Waals surface area contributed by atoms with Crippen molar-refractivity contribution in [1.82, 2.24) is 10.2 Å². The number of guanidine groups is 1. The minimum Gasteiger partial charge on any atom is -0.454 e. The quantitative estimate of drug-likeness (QED) is 0.397. The van der Waals surface area contributed by atoms with Gasteiger partial charge in [-0.05, 0) is 42.1 Å². The van der Waals surface area contributed by atoms with Gasteiger partial charge < -0.3 is 24.6 Å². The minimum atomic E-state index is 0. The Morgan fingerprint density at radius 2 is 1.96 bits per heavy atom. The molecule has 0 atom stereocenters. The number of anilines is 1. The van der Waals surface area contributed by atoms with E-state index in [1.54, 1.807) is 11.3 Å². The van der Waals surface area contributed by atoms with Gasteiger partial charge in [-0.1, -0.05) is 6.07 Å². The lowest BCUT2D eigenvalue weighted by molar-refractivity contribution is 0.174. The number of thiophene rings is 1. The number of aliphatic imine (C=N–C) groups is 1. The first-order chi connectivity index (χ1) is 12.8. The van der Waals surface area contributed by atoms with E-state index in [-0.39, 0.29) is 24.0 Å². The molecule has 1 saturated heterocycles. The average Bonchev–Trinajstić information content (AvgIpc) is 3.36. The number of rotatable bonds is 4. The van der Waals surface area contributed by atoms with Gasteiger partial charge in [0.05, 0.1) is 11.5 Å². The number of nitrogens with zero attached hydrogens (tertiary/aromatic N) is 3. The minimum absolute atomic E-state index is 0. The Balaban J connectivity index is 0.00000210. The summed E-state index contributed by atoms with van der Waals surface area (Å²) >= 11 is 1.81. The van der Waals surface area contributed by atoms with Crippen LogP contribution in [-0.2, 0) is 6.54 Å². The van der Waals surface area contributed by atoms with Crippen LogP contribution in [0.2, 0.25) is 0 Å². The average molecular weight is 500 g/mol. The van der Waals surface area contributed by atoms with Crippen LogP contribution in [0.1, 0.15) is 12.5 Å². The van der Waals surface area contributed by atoms with E-state index in [4.69, 9.17) is 14.5 Å². The first kappa shape index (κ1) is 20.1. The summed E-state index contributed by atoms with van der Waals surface area (Å²) < 4.78 is 10.8. The van der Waals surface area contributed by atoms with E-state index in [2.05, 4.69) is 45.6 Å². The molecule has 2 aromatic rings. The second-order valence-electron chi connectivity index (χ2n) is 6.28. The molecular weight excluding hydrogens is 475 g/mol. The van der Waals surface area contributed by atoms with Crippen molar-refractivity contribution in [3.05, 3.63) is 41.3 Å². The van der Waals surface area contributed by atoms with Crippen LogP contribution >= 0.6 is 35.3 Å². The van der Waals surface area contributed by atoms with Gasteiger partial charge >= 0.3 is 0 Å². The van der Waals surface area contributed by atoms with Gasteiger partial charge in [-0.2, -0.15) is 0 Å². The van der Waals surface area contributed by atoms with Crippen LogP contribution in [0, 0.1) is 0 Å². The number of benzene rings is 1. The molecule has 0 bridgehead atoms. The maximum Gasteiger partial charge on any atom is 0.231 e. The van der Waals surface area contributed by atoms with Gasteiger partial charge in [0.1, 0.15) is 0 Å². The first-order valence-electron chi connectivity index (χ1n) is 9.03.